The van der Waals surface area contributed by atoms with Crippen molar-refractivity contribution < 1.29 is 0 Å². The van der Waals surface area contributed by atoms with Gasteiger partial charge in [0.05, 0.1) is 0 Å². The molecule has 0 N–H and O–H groups in total. The van der Waals surface area contributed by atoms with Gasteiger partial charge in [-0.2, -0.15) is 0 Å². The third-order valence-corrected chi connectivity index (χ3v) is 12.8. The van der Waals surface area contributed by atoms with Gasteiger partial charge in [0.25, 0.3) is 0 Å². The Morgan fingerprint density at radius 1 is 0.378 bits per heavy atom. The maximum absolute atomic E-state index is 2.60. The van der Waals surface area contributed by atoms with E-state index in [2.05, 4.69) is 27.7 Å². The van der Waals surface area contributed by atoms with Crippen LogP contribution in [-0.2, 0) is 0 Å². The lowest BCUT2D eigenvalue weighted by Gasteiger charge is -2.45. The second-order valence-electron chi connectivity index (χ2n) is 17.1. The molecule has 0 spiro atoms. The van der Waals surface area contributed by atoms with E-state index in [-0.39, 0.29) is 0 Å². The van der Waals surface area contributed by atoms with Crippen molar-refractivity contribution in [2.24, 2.45) is 35.5 Å². The molecule has 2 rings (SSSR count). The lowest BCUT2D eigenvalue weighted by atomic mass is 9.60. The fourth-order valence-electron chi connectivity index (χ4n) is 9.71. The van der Waals surface area contributed by atoms with Crippen molar-refractivity contribution >= 4 is 0 Å². The van der Waals surface area contributed by atoms with E-state index in [1.807, 2.05) is 0 Å². The largest absolute Gasteiger partial charge is 0.0654 e. The topological polar surface area (TPSA) is 0 Å². The lowest BCUT2D eigenvalue weighted by Crippen LogP contribution is -2.36. The molecule has 0 aromatic rings. The summed E-state index contributed by atoms with van der Waals surface area (Å²) in [6.45, 7) is 9.76. The molecule has 268 valence electrons. The van der Waals surface area contributed by atoms with Gasteiger partial charge in [-0.3, -0.25) is 0 Å². The quantitative estimate of drug-likeness (QED) is 0.0694. The first kappa shape index (κ1) is 41.2. The fraction of sp³-hybridized carbons (Fsp3) is 1.00. The predicted octanol–water partition coefficient (Wildman–Crippen LogP) is 16.4. The van der Waals surface area contributed by atoms with Crippen LogP contribution in [-0.4, -0.2) is 0 Å². The zero-order chi connectivity index (χ0) is 32.2. The summed E-state index contributed by atoms with van der Waals surface area (Å²) in [5.41, 5.74) is 0. The highest BCUT2D eigenvalue weighted by Gasteiger charge is 2.38. The van der Waals surface area contributed by atoms with Crippen LogP contribution in [0, 0.1) is 35.5 Å². The van der Waals surface area contributed by atoms with Gasteiger partial charge in [-0.25, -0.2) is 0 Å². The first-order valence-electron chi connectivity index (χ1n) is 22.2. The molecule has 0 aromatic heterocycles. The minimum absolute atomic E-state index is 0.981. The Balaban J connectivity index is 1.69. The van der Waals surface area contributed by atoms with Crippen molar-refractivity contribution in [2.75, 3.05) is 0 Å². The molecule has 0 radical (unpaired) electrons. The average molecular weight is 629 g/mol. The third kappa shape index (κ3) is 20.9. The second-order valence-corrected chi connectivity index (χ2v) is 17.1. The minimum Gasteiger partial charge on any atom is -0.0654 e. The molecular formula is C45H88. The summed E-state index contributed by atoms with van der Waals surface area (Å²) in [5.74, 6) is 6.21. The van der Waals surface area contributed by atoms with Crippen molar-refractivity contribution in [3.05, 3.63) is 0 Å². The Kier molecular flexibility index (Phi) is 26.5. The van der Waals surface area contributed by atoms with E-state index in [9.17, 15) is 0 Å². The maximum Gasteiger partial charge on any atom is -0.0352 e. The third-order valence-electron chi connectivity index (χ3n) is 12.8. The molecule has 0 amide bonds. The van der Waals surface area contributed by atoms with Crippen LogP contribution in [0.1, 0.15) is 252 Å². The average Bonchev–Trinajstić information content (AvgIpc) is 3.05. The van der Waals surface area contributed by atoms with E-state index in [0.29, 0.717) is 0 Å². The molecule has 3 unspecified atom stereocenters. The molecule has 3 atom stereocenters. The maximum atomic E-state index is 2.60. The van der Waals surface area contributed by atoms with Crippen LogP contribution >= 0.6 is 0 Å². The highest BCUT2D eigenvalue weighted by atomic mass is 14.4. The molecule has 0 aromatic carbocycles. The van der Waals surface area contributed by atoms with Gasteiger partial charge in [-0.05, 0) is 61.2 Å². The van der Waals surface area contributed by atoms with Crippen LogP contribution in [0.3, 0.4) is 0 Å². The molecule has 2 saturated carbocycles. The van der Waals surface area contributed by atoms with Gasteiger partial charge in [0.1, 0.15) is 0 Å². The summed E-state index contributed by atoms with van der Waals surface area (Å²) in [4.78, 5) is 0. The summed E-state index contributed by atoms with van der Waals surface area (Å²) in [6, 6.07) is 0. The number of hydrogen-bond acceptors (Lipinski definition) is 0. The lowest BCUT2D eigenvalue weighted by molar-refractivity contribution is 0.0487. The van der Waals surface area contributed by atoms with Crippen molar-refractivity contribution in [2.45, 2.75) is 252 Å². The minimum atomic E-state index is 0.981. The van der Waals surface area contributed by atoms with Crippen LogP contribution < -0.4 is 0 Å². The molecule has 2 fully saturated rings. The zero-order valence-corrected chi connectivity index (χ0v) is 32.2. The molecule has 45 heavy (non-hydrogen) atoms. The Morgan fingerprint density at radius 3 is 1.09 bits per heavy atom. The Bertz CT molecular complexity index is 569. The van der Waals surface area contributed by atoms with Crippen molar-refractivity contribution in [1.82, 2.24) is 0 Å². The SMILES string of the molecule is CCCCCCCCCCCCCCCC(CCCCCCCCCCCCCCC)C1CC(C)CCC1C1CCC(C)CC1. The van der Waals surface area contributed by atoms with Gasteiger partial charge in [-0.1, -0.05) is 227 Å². The van der Waals surface area contributed by atoms with Crippen molar-refractivity contribution in [3.63, 3.8) is 0 Å². The van der Waals surface area contributed by atoms with Gasteiger partial charge < -0.3 is 0 Å². The number of hydrogen-bond donors (Lipinski definition) is 0. The Labute approximate surface area is 287 Å². The van der Waals surface area contributed by atoms with Gasteiger partial charge >= 0.3 is 0 Å². The smallest absolute Gasteiger partial charge is 0.0352 e. The normalized spacial score (nSPS) is 24.1. The first-order chi connectivity index (χ1) is 22.2. The van der Waals surface area contributed by atoms with E-state index in [1.54, 1.807) is 38.5 Å². The van der Waals surface area contributed by atoms with Gasteiger partial charge in [0.2, 0.25) is 0 Å². The monoisotopic (exact) mass is 629 g/mol. The van der Waals surface area contributed by atoms with Crippen LogP contribution in [0.2, 0.25) is 0 Å². The van der Waals surface area contributed by atoms with E-state index >= 15 is 0 Å². The van der Waals surface area contributed by atoms with Crippen molar-refractivity contribution in [1.29, 1.82) is 0 Å². The van der Waals surface area contributed by atoms with Crippen LogP contribution in [0.4, 0.5) is 0 Å². The van der Waals surface area contributed by atoms with E-state index < -0.39 is 0 Å². The summed E-state index contributed by atoms with van der Waals surface area (Å²) in [7, 11) is 0. The van der Waals surface area contributed by atoms with E-state index in [1.165, 1.54) is 186 Å². The molecular weight excluding hydrogens is 540 g/mol. The first-order valence-corrected chi connectivity index (χ1v) is 22.2. The second kappa shape index (κ2) is 29.0. The summed E-state index contributed by atoms with van der Waals surface area (Å²) in [5, 5.41) is 0. The Hall–Kier alpha value is 0. The highest BCUT2D eigenvalue weighted by molar-refractivity contribution is 4.89. The van der Waals surface area contributed by atoms with Crippen LogP contribution in [0.5, 0.6) is 0 Å². The van der Waals surface area contributed by atoms with E-state index in [0.717, 1.165) is 35.5 Å². The highest BCUT2D eigenvalue weighted by Crippen LogP contribution is 2.48. The molecule has 0 bridgehead atoms. The van der Waals surface area contributed by atoms with Crippen molar-refractivity contribution in [3.8, 4) is 0 Å². The molecule has 0 aliphatic heterocycles. The molecule has 2 aliphatic carbocycles. The van der Waals surface area contributed by atoms with E-state index in [4.69, 9.17) is 0 Å². The predicted molar refractivity (Wildman–Crippen MR) is 205 cm³/mol. The molecule has 0 heterocycles. The van der Waals surface area contributed by atoms with Gasteiger partial charge in [-0.15, -0.1) is 0 Å². The molecule has 0 heteroatoms. The summed E-state index contributed by atoms with van der Waals surface area (Å²) < 4.78 is 0. The number of rotatable bonds is 30. The summed E-state index contributed by atoms with van der Waals surface area (Å²) in [6.07, 6.45) is 52.5. The van der Waals surface area contributed by atoms with Gasteiger partial charge in [0.15, 0.2) is 0 Å². The molecule has 2 aliphatic rings. The van der Waals surface area contributed by atoms with Gasteiger partial charge in [0, 0.05) is 0 Å². The Morgan fingerprint density at radius 2 is 0.711 bits per heavy atom. The van der Waals surface area contributed by atoms with Crippen LogP contribution in [0.25, 0.3) is 0 Å². The molecule has 0 saturated heterocycles. The zero-order valence-electron chi connectivity index (χ0n) is 32.2. The standard InChI is InChI=1S/C45H88/c1-5-7-9-11-13-15-17-19-21-23-25-27-29-31-42(32-30-28-26-24-22-20-18-16-14-12-10-8-6-2)45-39-41(4)35-38-44(45)43-36-33-40(3)34-37-43/h40-45H,5-39H2,1-4H3. The molecule has 0 nitrogen and oxygen atoms in total. The van der Waals surface area contributed by atoms with Crippen LogP contribution in [0.15, 0.2) is 0 Å². The number of unbranched alkanes of at least 4 members (excludes halogenated alkanes) is 24. The fourth-order valence-corrected chi connectivity index (χ4v) is 9.71. The summed E-state index contributed by atoms with van der Waals surface area (Å²) >= 11 is 0.